The standard InChI is InChI=1S/C23H28N6O2S3/c32-23(33,34)22-26-6-5-20(28-22)27-15-1-3-17(4-2-15)31-19-14-16(29-9-11-30-12-10-29)13-18-21(19)25-8-7-24-18/h5-8,13-15,17,32-34H,1-4,9-12H2,(H,26,27,28). The first-order chi connectivity index (χ1) is 16.5. The zero-order valence-corrected chi connectivity index (χ0v) is 21.4. The number of benzene rings is 1. The van der Waals surface area contributed by atoms with Crippen LogP contribution in [0.1, 0.15) is 31.5 Å². The number of nitrogens with zero attached hydrogens (tertiary/aromatic N) is 5. The molecule has 8 nitrogen and oxygen atoms in total. The molecule has 1 N–H and O–H groups in total. The first-order valence-electron chi connectivity index (χ1n) is 11.5. The van der Waals surface area contributed by atoms with E-state index in [1.54, 1.807) is 18.6 Å². The van der Waals surface area contributed by atoms with Crippen molar-refractivity contribution in [3.05, 3.63) is 42.6 Å². The Morgan fingerprint density at radius 2 is 1.74 bits per heavy atom. The van der Waals surface area contributed by atoms with Crippen LogP contribution in [0.5, 0.6) is 5.75 Å². The number of rotatable bonds is 6. The highest BCUT2D eigenvalue weighted by molar-refractivity contribution is 8.15. The van der Waals surface area contributed by atoms with Crippen LogP contribution in [-0.2, 0) is 8.15 Å². The van der Waals surface area contributed by atoms with E-state index in [-0.39, 0.29) is 6.10 Å². The molecule has 0 bridgehead atoms. The van der Waals surface area contributed by atoms with Crippen molar-refractivity contribution in [2.24, 2.45) is 0 Å². The zero-order valence-electron chi connectivity index (χ0n) is 18.7. The molecule has 0 atom stereocenters. The minimum Gasteiger partial charge on any atom is -0.488 e. The van der Waals surface area contributed by atoms with Gasteiger partial charge in [-0.05, 0) is 37.8 Å². The van der Waals surface area contributed by atoms with Gasteiger partial charge >= 0.3 is 0 Å². The lowest BCUT2D eigenvalue weighted by Gasteiger charge is -2.31. The molecule has 1 aromatic carbocycles. The molecule has 5 rings (SSSR count). The molecular formula is C23H28N6O2S3. The predicted molar refractivity (Wildman–Crippen MR) is 144 cm³/mol. The number of aromatic nitrogens is 4. The molecule has 1 saturated carbocycles. The van der Waals surface area contributed by atoms with E-state index in [0.29, 0.717) is 11.9 Å². The maximum Gasteiger partial charge on any atom is 0.166 e. The van der Waals surface area contributed by atoms with E-state index >= 15 is 0 Å². The Balaban J connectivity index is 1.25. The third-order valence-electron chi connectivity index (χ3n) is 6.18. The summed E-state index contributed by atoms with van der Waals surface area (Å²) in [7, 11) is 0. The van der Waals surface area contributed by atoms with Crippen LogP contribution in [0, 0.1) is 0 Å². The van der Waals surface area contributed by atoms with Gasteiger partial charge in [0.15, 0.2) is 9.24 Å². The molecule has 0 radical (unpaired) electrons. The van der Waals surface area contributed by atoms with Gasteiger partial charge in [0.1, 0.15) is 17.1 Å². The first kappa shape index (κ1) is 23.8. The minimum absolute atomic E-state index is 0.129. The van der Waals surface area contributed by atoms with Crippen LogP contribution in [0.15, 0.2) is 36.8 Å². The number of hydrogen-bond acceptors (Lipinski definition) is 11. The van der Waals surface area contributed by atoms with Crippen LogP contribution >= 0.6 is 37.9 Å². The Hall–Kier alpha value is -1.95. The van der Waals surface area contributed by atoms with Crippen molar-refractivity contribution in [2.75, 3.05) is 36.5 Å². The van der Waals surface area contributed by atoms with E-state index in [1.807, 2.05) is 6.07 Å². The molecular weight excluding hydrogens is 488 g/mol. The molecule has 2 aliphatic rings. The second-order valence-electron chi connectivity index (χ2n) is 8.60. The molecule has 0 unspecified atom stereocenters. The Morgan fingerprint density at radius 3 is 2.50 bits per heavy atom. The first-order valence-corrected chi connectivity index (χ1v) is 12.8. The summed E-state index contributed by atoms with van der Waals surface area (Å²) in [5.74, 6) is 2.02. The Kier molecular flexibility index (Phi) is 7.24. The lowest BCUT2D eigenvalue weighted by Crippen LogP contribution is -2.36. The SMILES string of the molecule is SC(S)(S)c1nccc(NC2CCC(Oc3cc(N4CCOCC4)cc4nccnc34)CC2)n1. The lowest BCUT2D eigenvalue weighted by atomic mass is 9.93. The third-order valence-corrected chi connectivity index (χ3v) is 6.78. The lowest BCUT2D eigenvalue weighted by molar-refractivity contribution is 0.122. The van der Waals surface area contributed by atoms with Crippen LogP contribution in [0.3, 0.4) is 0 Å². The number of ether oxygens (including phenoxy) is 2. The molecule has 3 aromatic rings. The van der Waals surface area contributed by atoms with E-state index in [9.17, 15) is 0 Å². The average molecular weight is 517 g/mol. The minimum atomic E-state index is -0.982. The summed E-state index contributed by atoms with van der Waals surface area (Å²) in [4.78, 5) is 20.1. The van der Waals surface area contributed by atoms with E-state index in [2.05, 4.69) is 80.2 Å². The van der Waals surface area contributed by atoms with Gasteiger partial charge in [0, 0.05) is 49.5 Å². The molecule has 3 heterocycles. The van der Waals surface area contributed by atoms with Gasteiger partial charge in [0.05, 0.1) is 24.8 Å². The van der Waals surface area contributed by atoms with Gasteiger partial charge in [0.25, 0.3) is 0 Å². The van der Waals surface area contributed by atoms with Gasteiger partial charge in [-0.15, -0.1) is 37.9 Å². The highest BCUT2D eigenvalue weighted by Crippen LogP contribution is 2.35. The van der Waals surface area contributed by atoms with Gasteiger partial charge in [-0.25, -0.2) is 15.0 Å². The molecule has 1 saturated heterocycles. The normalized spacial score (nSPS) is 21.4. The van der Waals surface area contributed by atoms with Crippen molar-refractivity contribution in [2.45, 2.75) is 41.2 Å². The largest absolute Gasteiger partial charge is 0.488 e. The highest BCUT2D eigenvalue weighted by atomic mass is 32.2. The summed E-state index contributed by atoms with van der Waals surface area (Å²) in [6, 6.07) is 6.36. The summed E-state index contributed by atoms with van der Waals surface area (Å²) >= 11 is 13.0. The van der Waals surface area contributed by atoms with Crippen LogP contribution < -0.4 is 15.0 Å². The number of nitrogens with one attached hydrogen (secondary N) is 1. The Bertz CT molecular complexity index is 1130. The van der Waals surface area contributed by atoms with Crippen molar-refractivity contribution in [1.82, 2.24) is 19.9 Å². The van der Waals surface area contributed by atoms with Crippen LogP contribution in [-0.4, -0.2) is 58.4 Å². The van der Waals surface area contributed by atoms with Gasteiger partial charge < -0.3 is 19.7 Å². The fraction of sp³-hybridized carbons (Fsp3) is 0.478. The highest BCUT2D eigenvalue weighted by Gasteiger charge is 2.26. The van der Waals surface area contributed by atoms with Gasteiger partial charge in [-0.1, -0.05) is 0 Å². The van der Waals surface area contributed by atoms with Crippen LogP contribution in [0.2, 0.25) is 0 Å². The number of anilines is 2. The van der Waals surface area contributed by atoms with Crippen LogP contribution in [0.4, 0.5) is 11.5 Å². The predicted octanol–water partition coefficient (Wildman–Crippen LogP) is 3.96. The van der Waals surface area contributed by atoms with Crippen molar-refractivity contribution >= 4 is 60.4 Å². The molecule has 0 amide bonds. The maximum absolute atomic E-state index is 6.52. The summed E-state index contributed by atoms with van der Waals surface area (Å²) in [5.41, 5.74) is 2.77. The van der Waals surface area contributed by atoms with Crippen molar-refractivity contribution < 1.29 is 9.47 Å². The zero-order chi connectivity index (χ0) is 23.5. The Morgan fingerprint density at radius 1 is 0.971 bits per heavy atom. The molecule has 11 heteroatoms. The van der Waals surface area contributed by atoms with E-state index in [0.717, 1.165) is 80.3 Å². The van der Waals surface area contributed by atoms with Gasteiger partial charge in [0.2, 0.25) is 0 Å². The van der Waals surface area contributed by atoms with E-state index < -0.39 is 3.41 Å². The smallest absolute Gasteiger partial charge is 0.166 e. The molecule has 1 aliphatic carbocycles. The Labute approximate surface area is 215 Å². The number of fused-ring (bicyclic) bond motifs is 1. The topological polar surface area (TPSA) is 85.3 Å². The third kappa shape index (κ3) is 5.64. The molecule has 0 spiro atoms. The second-order valence-corrected chi connectivity index (χ2v) is 11.7. The second kappa shape index (κ2) is 10.3. The summed E-state index contributed by atoms with van der Waals surface area (Å²) in [6.45, 7) is 3.19. The van der Waals surface area contributed by atoms with Crippen molar-refractivity contribution in [3.8, 4) is 5.75 Å². The quantitative estimate of drug-likeness (QED) is 0.290. The van der Waals surface area contributed by atoms with Crippen LogP contribution in [0.25, 0.3) is 11.0 Å². The monoisotopic (exact) mass is 516 g/mol. The van der Waals surface area contributed by atoms with Gasteiger partial charge in [-0.2, -0.15) is 0 Å². The summed E-state index contributed by atoms with van der Waals surface area (Å²) in [6.07, 6.45) is 9.10. The molecule has 34 heavy (non-hydrogen) atoms. The fourth-order valence-corrected chi connectivity index (χ4v) is 4.76. The van der Waals surface area contributed by atoms with E-state index in [4.69, 9.17) is 9.47 Å². The maximum atomic E-state index is 6.52. The average Bonchev–Trinajstić information content (AvgIpc) is 2.85. The number of morpholine rings is 1. The van der Waals surface area contributed by atoms with Crippen molar-refractivity contribution in [3.63, 3.8) is 0 Å². The number of hydrogen-bond donors (Lipinski definition) is 4. The summed E-state index contributed by atoms with van der Waals surface area (Å²) in [5, 5.41) is 3.51. The van der Waals surface area contributed by atoms with Crippen molar-refractivity contribution in [1.29, 1.82) is 0 Å². The van der Waals surface area contributed by atoms with E-state index in [1.165, 1.54) is 0 Å². The molecule has 2 aromatic heterocycles. The molecule has 1 aliphatic heterocycles. The molecule has 2 fully saturated rings. The van der Waals surface area contributed by atoms with Gasteiger partial charge in [-0.3, -0.25) is 4.98 Å². The molecule has 180 valence electrons. The summed E-state index contributed by atoms with van der Waals surface area (Å²) < 4.78 is 11.0. The number of thiol groups is 3. The fourth-order valence-electron chi connectivity index (χ4n) is 4.44.